The fourth-order valence-electron chi connectivity index (χ4n) is 2.71. The van der Waals surface area contributed by atoms with Crippen molar-refractivity contribution >= 4 is 11.7 Å². The first kappa shape index (κ1) is 13.6. The molecular formula is C14H22N4O. The van der Waals surface area contributed by atoms with Crippen molar-refractivity contribution in [3.05, 3.63) is 22.9 Å². The predicted octanol–water partition coefficient (Wildman–Crippen LogP) is 2.03. The van der Waals surface area contributed by atoms with Crippen LogP contribution in [0.2, 0.25) is 0 Å². The highest BCUT2D eigenvalue weighted by Crippen LogP contribution is 2.34. The van der Waals surface area contributed by atoms with Crippen LogP contribution in [0.25, 0.3) is 0 Å². The predicted molar refractivity (Wildman–Crippen MR) is 76.8 cm³/mol. The van der Waals surface area contributed by atoms with E-state index in [9.17, 15) is 0 Å². The fraction of sp³-hybridized carbons (Fsp3) is 0.571. The maximum atomic E-state index is 8.97. The molecule has 1 fully saturated rings. The summed E-state index contributed by atoms with van der Waals surface area (Å²) < 4.78 is 0. The molecule has 1 aromatic rings. The first-order valence-corrected chi connectivity index (χ1v) is 6.55. The summed E-state index contributed by atoms with van der Waals surface area (Å²) in [6.07, 6.45) is 1.12. The third-order valence-electron chi connectivity index (χ3n) is 3.67. The highest BCUT2D eigenvalue weighted by molar-refractivity contribution is 6.02. The monoisotopic (exact) mass is 262 g/mol. The number of anilines is 1. The van der Waals surface area contributed by atoms with Gasteiger partial charge in [-0.2, -0.15) is 0 Å². The molecule has 1 aliphatic heterocycles. The van der Waals surface area contributed by atoms with E-state index in [1.54, 1.807) is 0 Å². The van der Waals surface area contributed by atoms with E-state index >= 15 is 0 Å². The van der Waals surface area contributed by atoms with Crippen molar-refractivity contribution in [1.82, 2.24) is 4.98 Å². The lowest BCUT2D eigenvalue weighted by atomic mass is 9.93. The van der Waals surface area contributed by atoms with Gasteiger partial charge in [0.1, 0.15) is 5.82 Å². The SMILES string of the molecule is Cc1cc(C)c(C(N)=NO)c(N2CCC(C)(C)C2)n1. The lowest BCUT2D eigenvalue weighted by Crippen LogP contribution is -2.28. The van der Waals surface area contributed by atoms with E-state index in [-0.39, 0.29) is 11.3 Å². The number of hydrogen-bond acceptors (Lipinski definition) is 4. The third kappa shape index (κ3) is 2.64. The van der Waals surface area contributed by atoms with E-state index in [2.05, 4.69) is 28.9 Å². The summed E-state index contributed by atoms with van der Waals surface area (Å²) >= 11 is 0. The van der Waals surface area contributed by atoms with Crippen LogP contribution in [-0.4, -0.2) is 29.1 Å². The zero-order valence-corrected chi connectivity index (χ0v) is 12.1. The molecule has 104 valence electrons. The number of nitrogens with zero attached hydrogens (tertiary/aromatic N) is 3. The Bertz CT molecular complexity index is 522. The number of aromatic nitrogens is 1. The van der Waals surface area contributed by atoms with Crippen molar-refractivity contribution in [2.24, 2.45) is 16.3 Å². The summed E-state index contributed by atoms with van der Waals surface area (Å²) in [4.78, 5) is 6.83. The highest BCUT2D eigenvalue weighted by Gasteiger charge is 2.32. The topological polar surface area (TPSA) is 74.7 Å². The van der Waals surface area contributed by atoms with Gasteiger partial charge in [0.2, 0.25) is 0 Å². The minimum Gasteiger partial charge on any atom is -0.409 e. The molecule has 0 saturated carbocycles. The van der Waals surface area contributed by atoms with Crippen molar-refractivity contribution in [3.63, 3.8) is 0 Å². The van der Waals surface area contributed by atoms with Gasteiger partial charge >= 0.3 is 0 Å². The smallest absolute Gasteiger partial charge is 0.174 e. The van der Waals surface area contributed by atoms with Gasteiger partial charge in [-0.05, 0) is 37.3 Å². The van der Waals surface area contributed by atoms with E-state index in [4.69, 9.17) is 10.9 Å². The van der Waals surface area contributed by atoms with Gasteiger partial charge in [0.05, 0.1) is 5.56 Å². The molecular weight excluding hydrogens is 240 g/mol. The molecule has 0 unspecified atom stereocenters. The first-order chi connectivity index (χ1) is 8.84. The number of rotatable bonds is 2. The summed E-state index contributed by atoms with van der Waals surface area (Å²) in [5, 5.41) is 12.1. The lowest BCUT2D eigenvalue weighted by Gasteiger charge is -2.24. The zero-order chi connectivity index (χ0) is 14.2. The van der Waals surface area contributed by atoms with Gasteiger partial charge in [0.15, 0.2) is 5.84 Å². The standard InChI is InChI=1S/C14H22N4O/c1-9-7-10(2)16-13(11(9)12(15)17-19)18-6-5-14(3,4)8-18/h7,19H,5-6,8H2,1-4H3,(H2,15,17). The number of oxime groups is 1. The van der Waals surface area contributed by atoms with Gasteiger partial charge in [0.25, 0.3) is 0 Å². The first-order valence-electron chi connectivity index (χ1n) is 6.55. The largest absolute Gasteiger partial charge is 0.409 e. The van der Waals surface area contributed by atoms with Crippen LogP contribution in [-0.2, 0) is 0 Å². The van der Waals surface area contributed by atoms with Gasteiger partial charge in [0, 0.05) is 18.8 Å². The second-order valence-corrected chi connectivity index (χ2v) is 6.10. The van der Waals surface area contributed by atoms with Crippen LogP contribution < -0.4 is 10.6 Å². The molecule has 0 amide bonds. The number of amidine groups is 1. The maximum absolute atomic E-state index is 8.97. The molecule has 0 bridgehead atoms. The van der Waals surface area contributed by atoms with Crippen molar-refractivity contribution in [2.45, 2.75) is 34.1 Å². The van der Waals surface area contributed by atoms with Gasteiger partial charge < -0.3 is 15.8 Å². The van der Waals surface area contributed by atoms with Crippen LogP contribution in [0.5, 0.6) is 0 Å². The van der Waals surface area contributed by atoms with Crippen molar-refractivity contribution in [2.75, 3.05) is 18.0 Å². The van der Waals surface area contributed by atoms with Crippen LogP contribution in [0.1, 0.15) is 37.1 Å². The second kappa shape index (κ2) is 4.72. The Kier molecular flexibility index (Phi) is 3.39. The second-order valence-electron chi connectivity index (χ2n) is 6.10. The molecule has 0 radical (unpaired) electrons. The minimum absolute atomic E-state index is 0.129. The van der Waals surface area contributed by atoms with E-state index in [1.165, 1.54) is 0 Å². The summed E-state index contributed by atoms with van der Waals surface area (Å²) in [6.45, 7) is 10.3. The van der Waals surface area contributed by atoms with E-state index < -0.39 is 0 Å². The lowest BCUT2D eigenvalue weighted by molar-refractivity contribution is 0.318. The quantitative estimate of drug-likeness (QED) is 0.370. The zero-order valence-electron chi connectivity index (χ0n) is 12.1. The molecule has 2 rings (SSSR count). The van der Waals surface area contributed by atoms with Crippen molar-refractivity contribution in [1.29, 1.82) is 0 Å². The number of aryl methyl sites for hydroxylation is 2. The summed E-state index contributed by atoms with van der Waals surface area (Å²) in [5.41, 5.74) is 8.77. The summed E-state index contributed by atoms with van der Waals surface area (Å²) in [7, 11) is 0. The number of hydrogen-bond donors (Lipinski definition) is 2. The summed E-state index contributed by atoms with van der Waals surface area (Å²) in [5.74, 6) is 0.961. The van der Waals surface area contributed by atoms with Crippen LogP contribution in [0, 0.1) is 19.3 Å². The number of pyridine rings is 1. The molecule has 2 heterocycles. The van der Waals surface area contributed by atoms with Gasteiger partial charge in [-0.25, -0.2) is 4.98 Å². The van der Waals surface area contributed by atoms with Crippen molar-refractivity contribution < 1.29 is 5.21 Å². The molecule has 1 aromatic heterocycles. The minimum atomic E-state index is 0.129. The Morgan fingerprint density at radius 1 is 1.47 bits per heavy atom. The molecule has 3 N–H and O–H groups in total. The van der Waals surface area contributed by atoms with Crippen LogP contribution in [0.3, 0.4) is 0 Å². The van der Waals surface area contributed by atoms with E-state index in [0.29, 0.717) is 0 Å². The van der Waals surface area contributed by atoms with Crippen LogP contribution in [0.4, 0.5) is 5.82 Å². The van der Waals surface area contributed by atoms with Crippen LogP contribution in [0.15, 0.2) is 11.2 Å². The summed E-state index contributed by atoms with van der Waals surface area (Å²) in [6, 6.07) is 1.96. The molecule has 0 atom stereocenters. The highest BCUT2D eigenvalue weighted by atomic mass is 16.4. The van der Waals surface area contributed by atoms with Crippen LogP contribution >= 0.6 is 0 Å². The van der Waals surface area contributed by atoms with Gasteiger partial charge in [-0.15, -0.1) is 0 Å². The normalized spacial score (nSPS) is 18.9. The van der Waals surface area contributed by atoms with E-state index in [1.807, 2.05) is 19.9 Å². The Morgan fingerprint density at radius 2 is 2.16 bits per heavy atom. The fourth-order valence-corrected chi connectivity index (χ4v) is 2.71. The molecule has 1 aliphatic rings. The van der Waals surface area contributed by atoms with Crippen molar-refractivity contribution in [3.8, 4) is 0 Å². The molecule has 5 heteroatoms. The molecule has 5 nitrogen and oxygen atoms in total. The third-order valence-corrected chi connectivity index (χ3v) is 3.67. The average Bonchev–Trinajstić information content (AvgIpc) is 2.67. The molecule has 0 spiro atoms. The molecule has 19 heavy (non-hydrogen) atoms. The van der Waals surface area contributed by atoms with Gasteiger partial charge in [-0.1, -0.05) is 19.0 Å². The average molecular weight is 262 g/mol. The molecule has 0 aromatic carbocycles. The Labute approximate surface area is 114 Å². The maximum Gasteiger partial charge on any atom is 0.174 e. The molecule has 1 saturated heterocycles. The number of nitrogens with two attached hydrogens (primary N) is 1. The Hall–Kier alpha value is -1.78. The van der Waals surface area contributed by atoms with E-state index in [0.717, 1.165) is 42.1 Å². The van der Waals surface area contributed by atoms with Gasteiger partial charge in [-0.3, -0.25) is 0 Å². The Morgan fingerprint density at radius 3 is 2.68 bits per heavy atom. The molecule has 0 aliphatic carbocycles. The Balaban J connectivity index is 2.50.